The van der Waals surface area contributed by atoms with Crippen LogP contribution in [0.15, 0.2) is 41.0 Å². The molecule has 1 N–H and O–H groups in total. The summed E-state index contributed by atoms with van der Waals surface area (Å²) in [7, 11) is 0. The lowest BCUT2D eigenvalue weighted by atomic mass is 10.0. The standard InChI is InChI=1S/C13H11F3O3/c1-8-6-7-18-12(8)11(17)9-4-2-3-5-10(9)19-13(14,15)16/h2-7,11,17H,1H3. The first-order valence-electron chi connectivity index (χ1n) is 5.45. The molecule has 3 nitrogen and oxygen atoms in total. The van der Waals surface area contributed by atoms with E-state index in [0.29, 0.717) is 5.56 Å². The molecule has 0 aliphatic heterocycles. The van der Waals surface area contributed by atoms with Gasteiger partial charge >= 0.3 is 6.36 Å². The van der Waals surface area contributed by atoms with Crippen molar-refractivity contribution in [2.75, 3.05) is 0 Å². The minimum atomic E-state index is -4.81. The zero-order chi connectivity index (χ0) is 14.0. The highest BCUT2D eigenvalue weighted by Crippen LogP contribution is 2.34. The first kappa shape index (κ1) is 13.5. The van der Waals surface area contributed by atoms with Crippen LogP contribution in [-0.2, 0) is 0 Å². The van der Waals surface area contributed by atoms with Crippen molar-refractivity contribution in [2.24, 2.45) is 0 Å². The molecule has 0 saturated heterocycles. The van der Waals surface area contributed by atoms with Crippen LogP contribution in [0.4, 0.5) is 13.2 Å². The van der Waals surface area contributed by atoms with Crippen LogP contribution in [0, 0.1) is 6.92 Å². The van der Waals surface area contributed by atoms with Gasteiger partial charge in [-0.15, -0.1) is 13.2 Å². The lowest BCUT2D eigenvalue weighted by Crippen LogP contribution is -2.18. The fraction of sp³-hybridized carbons (Fsp3) is 0.231. The molecule has 0 aliphatic rings. The summed E-state index contributed by atoms with van der Waals surface area (Å²) >= 11 is 0. The number of furan rings is 1. The second kappa shape index (κ2) is 4.97. The Labute approximate surface area is 107 Å². The number of hydrogen-bond donors (Lipinski definition) is 1. The van der Waals surface area contributed by atoms with Gasteiger partial charge in [-0.2, -0.15) is 0 Å². The Bertz CT molecular complexity index is 560. The van der Waals surface area contributed by atoms with Gasteiger partial charge in [0.25, 0.3) is 0 Å². The maximum atomic E-state index is 12.3. The number of aryl methyl sites for hydroxylation is 1. The quantitative estimate of drug-likeness (QED) is 0.928. The van der Waals surface area contributed by atoms with E-state index in [4.69, 9.17) is 4.42 Å². The molecular formula is C13H11F3O3. The van der Waals surface area contributed by atoms with Gasteiger partial charge in [-0.25, -0.2) is 0 Å². The van der Waals surface area contributed by atoms with E-state index in [0.717, 1.165) is 6.07 Å². The average Bonchev–Trinajstić information content (AvgIpc) is 2.73. The summed E-state index contributed by atoms with van der Waals surface area (Å²) in [6.45, 7) is 1.69. The van der Waals surface area contributed by atoms with Crippen molar-refractivity contribution in [3.8, 4) is 5.75 Å². The molecule has 2 aromatic rings. The van der Waals surface area contributed by atoms with E-state index in [-0.39, 0.29) is 11.3 Å². The molecule has 2 rings (SSSR count). The van der Waals surface area contributed by atoms with Crippen molar-refractivity contribution in [1.82, 2.24) is 0 Å². The van der Waals surface area contributed by atoms with E-state index in [1.54, 1.807) is 13.0 Å². The molecule has 0 bridgehead atoms. The van der Waals surface area contributed by atoms with Crippen LogP contribution in [-0.4, -0.2) is 11.5 Å². The van der Waals surface area contributed by atoms with Crippen molar-refractivity contribution < 1.29 is 27.4 Å². The Kier molecular flexibility index (Phi) is 3.53. The molecule has 0 fully saturated rings. The fourth-order valence-electron chi connectivity index (χ4n) is 1.73. The number of ether oxygens (including phenoxy) is 1. The third-order valence-electron chi connectivity index (χ3n) is 2.59. The summed E-state index contributed by atoms with van der Waals surface area (Å²) in [5.74, 6) is -0.253. The predicted octanol–water partition coefficient (Wildman–Crippen LogP) is 3.57. The summed E-state index contributed by atoms with van der Waals surface area (Å²) in [4.78, 5) is 0. The summed E-state index contributed by atoms with van der Waals surface area (Å²) < 4.78 is 45.8. The van der Waals surface area contributed by atoms with Gasteiger partial charge in [-0.05, 0) is 24.6 Å². The van der Waals surface area contributed by atoms with Crippen LogP contribution in [0.3, 0.4) is 0 Å². The normalized spacial score (nSPS) is 13.3. The molecule has 0 spiro atoms. The van der Waals surface area contributed by atoms with Crippen molar-refractivity contribution in [1.29, 1.82) is 0 Å². The molecule has 1 heterocycles. The van der Waals surface area contributed by atoms with Crippen LogP contribution in [0.1, 0.15) is 23.0 Å². The monoisotopic (exact) mass is 272 g/mol. The minimum Gasteiger partial charge on any atom is -0.466 e. The molecule has 1 atom stereocenters. The topological polar surface area (TPSA) is 42.6 Å². The van der Waals surface area contributed by atoms with Crippen molar-refractivity contribution in [3.63, 3.8) is 0 Å². The van der Waals surface area contributed by atoms with Crippen molar-refractivity contribution in [3.05, 3.63) is 53.5 Å². The van der Waals surface area contributed by atoms with E-state index < -0.39 is 18.2 Å². The van der Waals surface area contributed by atoms with Crippen LogP contribution < -0.4 is 4.74 Å². The molecular weight excluding hydrogens is 261 g/mol. The second-order valence-electron chi connectivity index (χ2n) is 3.96. The van der Waals surface area contributed by atoms with E-state index in [1.807, 2.05) is 0 Å². The van der Waals surface area contributed by atoms with Gasteiger partial charge in [0, 0.05) is 5.56 Å². The number of alkyl halides is 3. The van der Waals surface area contributed by atoms with Crippen LogP contribution in [0.2, 0.25) is 0 Å². The Morgan fingerprint density at radius 2 is 1.89 bits per heavy atom. The Morgan fingerprint density at radius 3 is 2.47 bits per heavy atom. The molecule has 1 unspecified atom stereocenters. The Balaban J connectivity index is 2.37. The van der Waals surface area contributed by atoms with Crippen LogP contribution >= 0.6 is 0 Å². The molecule has 19 heavy (non-hydrogen) atoms. The summed E-state index contributed by atoms with van der Waals surface area (Å²) in [6, 6.07) is 7.02. The van der Waals surface area contributed by atoms with Gasteiger partial charge in [-0.3, -0.25) is 0 Å². The van der Waals surface area contributed by atoms with E-state index in [1.165, 1.54) is 24.5 Å². The first-order chi connectivity index (χ1) is 8.88. The highest BCUT2D eigenvalue weighted by atomic mass is 19.4. The SMILES string of the molecule is Cc1ccoc1C(O)c1ccccc1OC(F)(F)F. The number of hydrogen-bond acceptors (Lipinski definition) is 3. The maximum Gasteiger partial charge on any atom is 0.573 e. The largest absolute Gasteiger partial charge is 0.573 e. The number of halogens is 3. The lowest BCUT2D eigenvalue weighted by Gasteiger charge is -2.16. The van der Waals surface area contributed by atoms with Crippen molar-refractivity contribution in [2.45, 2.75) is 19.4 Å². The molecule has 0 amide bonds. The average molecular weight is 272 g/mol. The number of aliphatic hydroxyl groups excluding tert-OH is 1. The molecule has 0 aliphatic carbocycles. The molecule has 1 aromatic carbocycles. The summed E-state index contributed by atoms with van der Waals surface area (Å²) in [6.07, 6.45) is -4.76. The molecule has 1 aromatic heterocycles. The van der Waals surface area contributed by atoms with Crippen LogP contribution in [0.5, 0.6) is 5.75 Å². The lowest BCUT2D eigenvalue weighted by molar-refractivity contribution is -0.275. The van der Waals surface area contributed by atoms with Gasteiger partial charge in [0.05, 0.1) is 6.26 Å². The van der Waals surface area contributed by atoms with Gasteiger partial charge in [0.1, 0.15) is 17.6 Å². The summed E-state index contributed by atoms with van der Waals surface area (Å²) in [5.41, 5.74) is 0.646. The maximum absolute atomic E-state index is 12.3. The second-order valence-corrected chi connectivity index (χ2v) is 3.96. The predicted molar refractivity (Wildman–Crippen MR) is 60.6 cm³/mol. The van der Waals surface area contributed by atoms with Crippen LogP contribution in [0.25, 0.3) is 0 Å². The zero-order valence-electron chi connectivity index (χ0n) is 9.94. The van der Waals surface area contributed by atoms with Gasteiger partial charge < -0.3 is 14.3 Å². The first-order valence-corrected chi connectivity index (χ1v) is 5.45. The van der Waals surface area contributed by atoms with E-state index >= 15 is 0 Å². The molecule has 0 saturated carbocycles. The smallest absolute Gasteiger partial charge is 0.466 e. The molecule has 102 valence electrons. The van der Waals surface area contributed by atoms with Gasteiger partial charge in [-0.1, -0.05) is 18.2 Å². The number of rotatable bonds is 3. The third-order valence-corrected chi connectivity index (χ3v) is 2.59. The minimum absolute atomic E-state index is 0.00197. The van der Waals surface area contributed by atoms with Gasteiger partial charge in [0.2, 0.25) is 0 Å². The number of benzene rings is 1. The fourth-order valence-corrected chi connectivity index (χ4v) is 1.73. The highest BCUT2D eigenvalue weighted by Gasteiger charge is 2.33. The molecule has 6 heteroatoms. The van der Waals surface area contributed by atoms with Crippen molar-refractivity contribution >= 4 is 0 Å². The number of para-hydroxylation sites is 1. The number of aliphatic hydroxyl groups is 1. The summed E-state index contributed by atoms with van der Waals surface area (Å²) in [5, 5.41) is 10.1. The Morgan fingerprint density at radius 1 is 1.21 bits per heavy atom. The Hall–Kier alpha value is -1.95. The van der Waals surface area contributed by atoms with E-state index in [2.05, 4.69) is 4.74 Å². The zero-order valence-corrected chi connectivity index (χ0v) is 9.94. The molecule has 0 radical (unpaired) electrons. The third kappa shape index (κ3) is 3.08. The van der Waals surface area contributed by atoms with E-state index in [9.17, 15) is 18.3 Å². The van der Waals surface area contributed by atoms with Gasteiger partial charge in [0.15, 0.2) is 0 Å². The highest BCUT2D eigenvalue weighted by molar-refractivity contribution is 5.39.